The van der Waals surface area contributed by atoms with Gasteiger partial charge in [0.1, 0.15) is 5.41 Å². The number of hydrogen-bond donors (Lipinski definition) is 0. The maximum Gasteiger partial charge on any atom is 0.321 e. The summed E-state index contributed by atoms with van der Waals surface area (Å²) in [5.74, 6) is 0.726. The fourth-order valence-corrected chi connectivity index (χ4v) is 2.16. The average Bonchev–Trinajstić information content (AvgIpc) is 2.77. The summed E-state index contributed by atoms with van der Waals surface area (Å²) in [5.41, 5.74) is -0.702. The number of nitrogens with zero attached hydrogens (tertiary/aromatic N) is 2. The van der Waals surface area contributed by atoms with Gasteiger partial charge in [-0.3, -0.25) is 4.79 Å². The topological polar surface area (TPSA) is 74.5 Å². The van der Waals surface area contributed by atoms with E-state index in [0.717, 1.165) is 19.3 Å². The summed E-state index contributed by atoms with van der Waals surface area (Å²) in [4.78, 5) is 16.4. The zero-order valence-corrected chi connectivity index (χ0v) is 11.5. The second-order valence-corrected chi connectivity index (χ2v) is 4.62. The first-order valence-corrected chi connectivity index (χ1v) is 6.81. The van der Waals surface area contributed by atoms with Gasteiger partial charge in [-0.2, -0.15) is 4.98 Å². The van der Waals surface area contributed by atoms with Gasteiger partial charge in [-0.05, 0) is 26.7 Å². The predicted molar refractivity (Wildman–Crippen MR) is 66.7 cm³/mol. The summed E-state index contributed by atoms with van der Waals surface area (Å²) < 4.78 is 15.6. The highest BCUT2D eigenvalue weighted by molar-refractivity contribution is 5.82. The summed E-state index contributed by atoms with van der Waals surface area (Å²) >= 11 is 0. The number of ether oxygens (including phenoxy) is 2. The minimum atomic E-state index is -0.702. The molecule has 0 aromatic carbocycles. The van der Waals surface area contributed by atoms with Crippen molar-refractivity contribution in [3.63, 3.8) is 0 Å². The Labute approximate surface area is 112 Å². The molecule has 6 nitrogen and oxygen atoms in total. The van der Waals surface area contributed by atoms with E-state index in [9.17, 15) is 4.79 Å². The smallest absolute Gasteiger partial charge is 0.321 e. The highest BCUT2D eigenvalue weighted by Gasteiger charge is 2.51. The van der Waals surface area contributed by atoms with E-state index >= 15 is 0 Å². The molecule has 0 spiro atoms. The van der Waals surface area contributed by atoms with Crippen LogP contribution in [0.3, 0.4) is 0 Å². The molecule has 0 aliphatic heterocycles. The summed E-state index contributed by atoms with van der Waals surface area (Å²) in [7, 11) is 0. The Bertz CT molecular complexity index is 426. The van der Waals surface area contributed by atoms with Crippen molar-refractivity contribution in [1.29, 1.82) is 0 Å². The molecule has 1 heterocycles. The molecule has 0 atom stereocenters. The third kappa shape index (κ3) is 2.78. The van der Waals surface area contributed by atoms with E-state index in [2.05, 4.69) is 10.1 Å². The van der Waals surface area contributed by atoms with E-state index in [1.165, 1.54) is 0 Å². The van der Waals surface area contributed by atoms with Gasteiger partial charge in [0.05, 0.1) is 13.2 Å². The van der Waals surface area contributed by atoms with Gasteiger partial charge in [0.2, 0.25) is 5.89 Å². The fourth-order valence-electron chi connectivity index (χ4n) is 2.16. The lowest BCUT2D eigenvalue weighted by Gasteiger charge is -2.35. The zero-order chi connectivity index (χ0) is 13.7. The van der Waals surface area contributed by atoms with Gasteiger partial charge < -0.3 is 14.0 Å². The molecule has 1 aliphatic rings. The van der Waals surface area contributed by atoms with Gasteiger partial charge in [0, 0.05) is 13.0 Å². The van der Waals surface area contributed by atoms with E-state index in [1.54, 1.807) is 6.92 Å². The first-order chi connectivity index (χ1) is 9.23. The van der Waals surface area contributed by atoms with Gasteiger partial charge in [0.25, 0.3) is 0 Å². The van der Waals surface area contributed by atoms with Crippen LogP contribution in [0.2, 0.25) is 0 Å². The molecule has 1 aromatic heterocycles. The van der Waals surface area contributed by atoms with E-state index in [0.29, 0.717) is 38.0 Å². The maximum atomic E-state index is 12.0. The molecule has 0 saturated heterocycles. The minimum absolute atomic E-state index is 0.249. The molecular formula is C13H20N2O4. The molecule has 0 radical (unpaired) electrons. The first kappa shape index (κ1) is 14.0. The Hall–Kier alpha value is -1.43. The van der Waals surface area contributed by atoms with Crippen molar-refractivity contribution in [2.45, 2.75) is 44.9 Å². The Morgan fingerprint density at radius 1 is 1.37 bits per heavy atom. The summed E-state index contributed by atoms with van der Waals surface area (Å²) in [6, 6.07) is 0. The largest absolute Gasteiger partial charge is 0.465 e. The SMILES string of the molecule is CCOCCc1noc(C2(C(=O)OCC)CCC2)n1. The van der Waals surface area contributed by atoms with Gasteiger partial charge in [-0.1, -0.05) is 11.6 Å². The van der Waals surface area contributed by atoms with Crippen LogP contribution in [-0.2, 0) is 26.1 Å². The second kappa shape index (κ2) is 6.14. The van der Waals surface area contributed by atoms with Crippen LogP contribution in [0, 0.1) is 0 Å². The molecule has 106 valence electrons. The Balaban J connectivity index is 2.05. The molecule has 19 heavy (non-hydrogen) atoms. The molecule has 0 bridgehead atoms. The van der Waals surface area contributed by atoms with Crippen LogP contribution in [0.1, 0.15) is 44.8 Å². The number of rotatable bonds is 7. The average molecular weight is 268 g/mol. The van der Waals surface area contributed by atoms with Gasteiger partial charge >= 0.3 is 5.97 Å². The Kier molecular flexibility index (Phi) is 4.52. The van der Waals surface area contributed by atoms with Crippen LogP contribution < -0.4 is 0 Å². The van der Waals surface area contributed by atoms with Gasteiger partial charge in [-0.25, -0.2) is 0 Å². The number of carbonyl (C=O) groups is 1. The van der Waals surface area contributed by atoms with Crippen LogP contribution in [0.25, 0.3) is 0 Å². The molecule has 1 fully saturated rings. The van der Waals surface area contributed by atoms with Crippen LogP contribution >= 0.6 is 0 Å². The van der Waals surface area contributed by atoms with Crippen LogP contribution in [0.4, 0.5) is 0 Å². The first-order valence-electron chi connectivity index (χ1n) is 6.81. The monoisotopic (exact) mass is 268 g/mol. The lowest BCUT2D eigenvalue weighted by atomic mass is 9.68. The fraction of sp³-hybridized carbons (Fsp3) is 0.769. The second-order valence-electron chi connectivity index (χ2n) is 4.62. The molecule has 1 aromatic rings. The molecular weight excluding hydrogens is 248 g/mol. The summed E-state index contributed by atoms with van der Waals surface area (Å²) in [5, 5.41) is 3.90. The number of esters is 1. The normalized spacial score (nSPS) is 16.9. The van der Waals surface area contributed by atoms with Gasteiger partial charge in [-0.15, -0.1) is 0 Å². The summed E-state index contributed by atoms with van der Waals surface area (Å²) in [6.07, 6.45) is 3.02. The van der Waals surface area contributed by atoms with Crippen LogP contribution in [0.15, 0.2) is 4.52 Å². The van der Waals surface area contributed by atoms with Crippen LogP contribution in [0.5, 0.6) is 0 Å². The lowest BCUT2D eigenvalue weighted by molar-refractivity contribution is -0.155. The highest BCUT2D eigenvalue weighted by atomic mass is 16.5. The number of carbonyl (C=O) groups excluding carboxylic acids is 1. The van der Waals surface area contributed by atoms with Crippen LogP contribution in [-0.4, -0.2) is 35.9 Å². The van der Waals surface area contributed by atoms with E-state index in [4.69, 9.17) is 14.0 Å². The third-order valence-corrected chi connectivity index (χ3v) is 3.42. The van der Waals surface area contributed by atoms with E-state index in [-0.39, 0.29) is 5.97 Å². The molecule has 6 heteroatoms. The number of hydrogen-bond acceptors (Lipinski definition) is 6. The Morgan fingerprint density at radius 3 is 2.74 bits per heavy atom. The van der Waals surface area contributed by atoms with Gasteiger partial charge in [0.15, 0.2) is 5.82 Å². The highest BCUT2D eigenvalue weighted by Crippen LogP contribution is 2.44. The zero-order valence-electron chi connectivity index (χ0n) is 11.5. The molecule has 0 amide bonds. The Morgan fingerprint density at radius 2 is 2.16 bits per heavy atom. The summed E-state index contributed by atoms with van der Waals surface area (Å²) in [6.45, 7) is 5.32. The van der Waals surface area contributed by atoms with E-state index < -0.39 is 5.41 Å². The predicted octanol–water partition coefficient (Wildman–Crippen LogP) is 1.63. The van der Waals surface area contributed by atoms with E-state index in [1.807, 2.05) is 6.92 Å². The van der Waals surface area contributed by atoms with Crippen molar-refractivity contribution in [3.05, 3.63) is 11.7 Å². The van der Waals surface area contributed by atoms with Crippen molar-refractivity contribution in [2.24, 2.45) is 0 Å². The molecule has 1 saturated carbocycles. The van der Waals surface area contributed by atoms with Crippen molar-refractivity contribution in [2.75, 3.05) is 19.8 Å². The lowest BCUT2D eigenvalue weighted by Crippen LogP contribution is -2.44. The standard InChI is InChI=1S/C13H20N2O4/c1-3-17-9-6-10-14-11(19-15-10)13(7-5-8-13)12(16)18-4-2/h3-9H2,1-2H3. The van der Waals surface area contributed by atoms with Crippen molar-refractivity contribution in [1.82, 2.24) is 10.1 Å². The molecule has 0 N–H and O–H groups in total. The molecule has 0 unspecified atom stereocenters. The maximum absolute atomic E-state index is 12.0. The third-order valence-electron chi connectivity index (χ3n) is 3.42. The van der Waals surface area contributed by atoms with Crippen molar-refractivity contribution in [3.8, 4) is 0 Å². The molecule has 2 rings (SSSR count). The minimum Gasteiger partial charge on any atom is -0.465 e. The molecule has 1 aliphatic carbocycles. The number of aromatic nitrogens is 2. The van der Waals surface area contributed by atoms with Crippen molar-refractivity contribution < 1.29 is 18.8 Å². The quantitative estimate of drug-likeness (QED) is 0.552. The van der Waals surface area contributed by atoms with Crippen molar-refractivity contribution >= 4 is 5.97 Å².